The number of aliphatic hydroxyl groups excluding tert-OH is 3. The molecule has 0 aromatic heterocycles. The summed E-state index contributed by atoms with van der Waals surface area (Å²) in [4.78, 5) is 23.1. The van der Waals surface area contributed by atoms with Crippen molar-refractivity contribution in [1.29, 1.82) is 0 Å². The summed E-state index contributed by atoms with van der Waals surface area (Å²) in [6, 6.07) is 0. The van der Waals surface area contributed by atoms with E-state index in [1.54, 1.807) is 0 Å². The van der Waals surface area contributed by atoms with E-state index < -0.39 is 12.2 Å². The Kier molecular flexibility index (Phi) is 21.6. The van der Waals surface area contributed by atoms with Crippen LogP contribution in [0.1, 0.15) is 88.0 Å². The van der Waals surface area contributed by atoms with E-state index in [1.807, 2.05) is 33.8 Å². The standard InChI is InChI=1S/C13H22O2.C11H20O3.2CH4.Ac/c1-4-5-6-10(3)13(15)12-9(2)7-8-11(12)14;1-7-3-4-9(13)10(7)11(14)8(2)5-6-12;;;/h4-5,9-10,12-13,15H,6-8H2,1-3H3;7-8,10-12,14H,3-6H2,1-2H3;2*1H4;/b5-4-;;;;/t9?,10-,12-,13-;7?,8-,10-,11?;;;/m11.../s1. The van der Waals surface area contributed by atoms with E-state index in [1.165, 1.54) is 0 Å². The van der Waals surface area contributed by atoms with Crippen molar-refractivity contribution in [3.05, 3.63) is 12.2 Å². The molecule has 0 aromatic rings. The molecule has 187 valence electrons. The van der Waals surface area contributed by atoms with Gasteiger partial charge < -0.3 is 15.3 Å². The van der Waals surface area contributed by atoms with Crippen LogP contribution in [0.5, 0.6) is 0 Å². The Labute approximate surface area is 233 Å². The number of Topliss-reactive ketones (excluding diaryl/α,β-unsaturated/α-hetero) is 2. The maximum atomic E-state index is 11.6. The first kappa shape index (κ1) is 37.0. The van der Waals surface area contributed by atoms with Gasteiger partial charge in [0.2, 0.25) is 0 Å². The van der Waals surface area contributed by atoms with Gasteiger partial charge in [-0.1, -0.05) is 54.7 Å². The fourth-order valence-corrected chi connectivity index (χ4v) is 4.69. The Balaban J connectivity index is -0.000000481. The van der Waals surface area contributed by atoms with Crippen molar-refractivity contribution in [3.63, 3.8) is 0 Å². The summed E-state index contributed by atoms with van der Waals surface area (Å²) < 4.78 is 0. The molecule has 3 unspecified atom stereocenters. The Morgan fingerprint density at radius 2 is 1.31 bits per heavy atom. The van der Waals surface area contributed by atoms with E-state index in [0.29, 0.717) is 31.1 Å². The van der Waals surface area contributed by atoms with Crippen LogP contribution >= 0.6 is 0 Å². The van der Waals surface area contributed by atoms with Gasteiger partial charge in [0.25, 0.3) is 0 Å². The van der Waals surface area contributed by atoms with E-state index in [4.69, 9.17) is 5.11 Å². The normalized spacial score (nSPS) is 28.5. The third-order valence-electron chi connectivity index (χ3n) is 6.89. The summed E-state index contributed by atoms with van der Waals surface area (Å²) in [5.74, 6) is 0.948. The summed E-state index contributed by atoms with van der Waals surface area (Å²) >= 11 is 0. The maximum absolute atomic E-state index is 11.6. The van der Waals surface area contributed by atoms with Crippen molar-refractivity contribution < 1.29 is 69.0 Å². The van der Waals surface area contributed by atoms with Gasteiger partial charge in [0.15, 0.2) is 0 Å². The van der Waals surface area contributed by atoms with Crippen LogP contribution < -0.4 is 0 Å². The fourth-order valence-electron chi connectivity index (χ4n) is 4.69. The Bertz CT molecular complexity index is 550. The van der Waals surface area contributed by atoms with Crippen LogP contribution in [0.4, 0.5) is 0 Å². The molecule has 32 heavy (non-hydrogen) atoms. The summed E-state index contributed by atoms with van der Waals surface area (Å²) in [5, 5.41) is 28.9. The predicted octanol–water partition coefficient (Wildman–Crippen LogP) is 4.82. The van der Waals surface area contributed by atoms with E-state index in [0.717, 1.165) is 19.3 Å². The second-order valence-corrected chi connectivity index (χ2v) is 9.27. The molecule has 2 aliphatic carbocycles. The first-order valence-electron chi connectivity index (χ1n) is 11.3. The molecule has 8 atom stereocenters. The zero-order valence-corrected chi connectivity index (χ0v) is 24.2. The number of allylic oxidation sites excluding steroid dienone is 2. The first-order valence-corrected chi connectivity index (χ1v) is 11.3. The van der Waals surface area contributed by atoms with Crippen molar-refractivity contribution in [2.75, 3.05) is 6.61 Å². The second-order valence-electron chi connectivity index (χ2n) is 9.27. The minimum Gasteiger partial charge on any atom is -0.396 e. The monoisotopic (exact) mass is 669 g/mol. The predicted molar refractivity (Wildman–Crippen MR) is 129 cm³/mol. The van der Waals surface area contributed by atoms with Crippen LogP contribution in [-0.4, -0.2) is 45.7 Å². The van der Waals surface area contributed by atoms with Crippen LogP contribution in [0, 0.1) is 79.6 Å². The van der Waals surface area contributed by atoms with Crippen molar-refractivity contribution in [1.82, 2.24) is 0 Å². The number of hydrogen-bond acceptors (Lipinski definition) is 5. The van der Waals surface area contributed by atoms with Crippen LogP contribution in [0.15, 0.2) is 12.2 Å². The number of carbonyl (C=O) groups is 2. The van der Waals surface area contributed by atoms with Crippen LogP contribution in [0.2, 0.25) is 0 Å². The number of aliphatic hydroxyl groups is 3. The van der Waals surface area contributed by atoms with E-state index in [9.17, 15) is 19.8 Å². The van der Waals surface area contributed by atoms with Gasteiger partial charge in [-0.3, -0.25) is 9.59 Å². The van der Waals surface area contributed by atoms with Crippen molar-refractivity contribution >= 4 is 11.6 Å². The van der Waals surface area contributed by atoms with Crippen LogP contribution in [-0.2, 0) is 9.59 Å². The third kappa shape index (κ3) is 10.8. The van der Waals surface area contributed by atoms with Gasteiger partial charge in [-0.05, 0) is 56.3 Å². The van der Waals surface area contributed by atoms with Crippen molar-refractivity contribution in [2.24, 2.45) is 35.5 Å². The average molecular weight is 670 g/mol. The average Bonchev–Trinajstić information content (AvgIpc) is 3.20. The maximum Gasteiger partial charge on any atom is 0.138 e. The molecule has 3 N–H and O–H groups in total. The van der Waals surface area contributed by atoms with Crippen molar-refractivity contribution in [2.45, 2.75) is 100 Å². The number of ketones is 2. The van der Waals surface area contributed by atoms with Gasteiger partial charge in [0.1, 0.15) is 11.6 Å². The SMILES string of the molecule is C.C.C/C=C\C[C@@H](C)[C@@H](O)[C@H]1C(=O)CCC1C.CC1CCC(=O)[C@@H]1C(O)[C@H](C)CCO.[Ac]. The fraction of sp³-hybridized carbons (Fsp3) is 0.846. The Morgan fingerprint density at radius 3 is 1.62 bits per heavy atom. The molecular formula is C26H50AcO5. The van der Waals surface area contributed by atoms with E-state index in [2.05, 4.69) is 13.0 Å². The summed E-state index contributed by atoms with van der Waals surface area (Å²) in [7, 11) is 0. The molecule has 0 heterocycles. The molecule has 2 aliphatic rings. The van der Waals surface area contributed by atoms with Gasteiger partial charge in [-0.25, -0.2) is 0 Å². The minimum atomic E-state index is -0.577. The summed E-state index contributed by atoms with van der Waals surface area (Å²) in [5.41, 5.74) is 0. The second kappa shape index (κ2) is 18.7. The number of carbonyl (C=O) groups excluding carboxylic acids is 2. The Hall–Kier alpha value is 0.402. The van der Waals surface area contributed by atoms with Gasteiger partial charge in [0.05, 0.1) is 12.2 Å². The van der Waals surface area contributed by atoms with E-state index >= 15 is 0 Å². The molecule has 0 aromatic carbocycles. The third-order valence-corrected chi connectivity index (χ3v) is 6.89. The molecule has 2 saturated carbocycles. The zero-order chi connectivity index (χ0) is 22.1. The van der Waals surface area contributed by atoms with Crippen LogP contribution in [0.3, 0.4) is 0 Å². The number of rotatable bonds is 8. The van der Waals surface area contributed by atoms with Gasteiger partial charge >= 0.3 is 0 Å². The first-order chi connectivity index (χ1) is 13.6. The molecule has 0 amide bonds. The summed E-state index contributed by atoms with van der Waals surface area (Å²) in [6.45, 7) is 10.0. The molecule has 2 rings (SSSR count). The smallest absolute Gasteiger partial charge is 0.138 e. The van der Waals surface area contributed by atoms with Gasteiger partial charge in [-0.15, -0.1) is 0 Å². The molecule has 0 spiro atoms. The minimum absolute atomic E-state index is 0. The molecular weight excluding hydrogens is 619 g/mol. The molecule has 0 saturated heterocycles. The van der Waals surface area contributed by atoms with Crippen LogP contribution in [0.25, 0.3) is 0 Å². The molecule has 1 radical (unpaired) electrons. The van der Waals surface area contributed by atoms with Gasteiger partial charge in [-0.2, -0.15) is 0 Å². The van der Waals surface area contributed by atoms with Gasteiger partial charge in [0, 0.05) is 75.3 Å². The largest absolute Gasteiger partial charge is 0.396 e. The summed E-state index contributed by atoms with van der Waals surface area (Å²) in [6.07, 6.45) is 7.52. The molecule has 5 nitrogen and oxygen atoms in total. The molecule has 0 aliphatic heterocycles. The molecule has 0 bridgehead atoms. The molecule has 6 heteroatoms. The van der Waals surface area contributed by atoms with Crippen molar-refractivity contribution in [3.8, 4) is 0 Å². The number of hydrogen-bond donors (Lipinski definition) is 3. The zero-order valence-electron chi connectivity index (χ0n) is 19.5. The quantitative estimate of drug-likeness (QED) is 0.323. The molecule has 2 fully saturated rings. The Morgan fingerprint density at radius 1 is 0.906 bits per heavy atom. The topological polar surface area (TPSA) is 94.8 Å². The van der Waals surface area contributed by atoms with E-state index in [-0.39, 0.29) is 101 Å².